The van der Waals surface area contributed by atoms with Gasteiger partial charge in [-0.25, -0.2) is 18.7 Å². The third-order valence-electron chi connectivity index (χ3n) is 3.52. The van der Waals surface area contributed by atoms with Gasteiger partial charge in [0.15, 0.2) is 0 Å². The van der Waals surface area contributed by atoms with E-state index in [1.54, 1.807) is 20.0 Å². The summed E-state index contributed by atoms with van der Waals surface area (Å²) < 4.78 is 34.3. The lowest BCUT2D eigenvalue weighted by Crippen LogP contribution is -2.15. The van der Waals surface area contributed by atoms with E-state index in [-0.39, 0.29) is 29.4 Å². The molecule has 0 saturated carbocycles. The molecule has 0 aliphatic carbocycles. The van der Waals surface area contributed by atoms with Crippen molar-refractivity contribution in [2.75, 3.05) is 0 Å². The molecule has 2 heterocycles. The van der Waals surface area contributed by atoms with Gasteiger partial charge >= 0.3 is 0 Å². The fourth-order valence-electron chi connectivity index (χ4n) is 2.45. The molecule has 1 amide bonds. The maximum Gasteiger partial charge on any atom is 0.267 e. The minimum Gasteiger partial charge on any atom is -0.470 e. The molecule has 2 aromatic heterocycles. The molecule has 3 rings (SSSR count). The summed E-state index contributed by atoms with van der Waals surface area (Å²) in [7, 11) is 0. The number of imidazole rings is 1. The van der Waals surface area contributed by atoms with Crippen molar-refractivity contribution < 1.29 is 18.3 Å². The normalized spacial score (nSPS) is 11.0. The van der Waals surface area contributed by atoms with Gasteiger partial charge in [0, 0.05) is 6.20 Å². The topological polar surface area (TPSA) is 82.5 Å². The number of aromatic nitrogens is 3. The number of aryl methyl sites for hydroxylation is 2. The average Bonchev–Trinajstić information content (AvgIpc) is 2.82. The molecule has 0 radical (unpaired) electrons. The molecule has 0 saturated heterocycles. The van der Waals surface area contributed by atoms with E-state index in [0.29, 0.717) is 11.4 Å². The van der Waals surface area contributed by atoms with Gasteiger partial charge in [-0.1, -0.05) is 6.07 Å². The quantitative estimate of drug-likeness (QED) is 0.795. The van der Waals surface area contributed by atoms with Crippen molar-refractivity contribution in [2.24, 2.45) is 5.73 Å². The number of amides is 1. The van der Waals surface area contributed by atoms with Crippen molar-refractivity contribution in [1.82, 2.24) is 14.4 Å². The van der Waals surface area contributed by atoms with Gasteiger partial charge in [0.05, 0.1) is 17.0 Å². The SMILES string of the molecule is Cc1cn2c(C(N)=O)c(C)nc2c(OCc2c(F)cccc2F)n1. The highest BCUT2D eigenvalue weighted by atomic mass is 19.1. The number of hydrogen-bond acceptors (Lipinski definition) is 4. The first-order chi connectivity index (χ1) is 11.4. The van der Waals surface area contributed by atoms with Crippen LogP contribution in [0.15, 0.2) is 24.4 Å². The van der Waals surface area contributed by atoms with Gasteiger partial charge in [0.1, 0.15) is 23.9 Å². The third-order valence-corrected chi connectivity index (χ3v) is 3.52. The number of benzene rings is 1. The molecule has 0 spiro atoms. The molecule has 0 aliphatic rings. The van der Waals surface area contributed by atoms with Gasteiger partial charge in [0.25, 0.3) is 11.8 Å². The molecule has 8 heteroatoms. The maximum atomic E-state index is 13.7. The number of halogens is 2. The van der Waals surface area contributed by atoms with E-state index in [2.05, 4.69) is 9.97 Å². The van der Waals surface area contributed by atoms with Crippen LogP contribution in [-0.4, -0.2) is 20.3 Å². The molecule has 0 fully saturated rings. The van der Waals surface area contributed by atoms with Crippen LogP contribution in [0.3, 0.4) is 0 Å². The number of nitrogens with zero attached hydrogens (tertiary/aromatic N) is 3. The minimum atomic E-state index is -0.712. The van der Waals surface area contributed by atoms with Crippen molar-refractivity contribution in [1.29, 1.82) is 0 Å². The molecule has 0 bridgehead atoms. The summed E-state index contributed by atoms with van der Waals surface area (Å²) >= 11 is 0. The molecule has 1 aromatic carbocycles. The molecule has 124 valence electrons. The smallest absolute Gasteiger partial charge is 0.267 e. The Morgan fingerprint density at radius 2 is 1.92 bits per heavy atom. The van der Waals surface area contributed by atoms with Gasteiger partial charge in [-0.05, 0) is 26.0 Å². The number of carbonyl (C=O) groups excluding carboxylic acids is 1. The van der Waals surface area contributed by atoms with E-state index in [1.165, 1.54) is 10.5 Å². The number of hydrogen-bond donors (Lipinski definition) is 1. The molecular formula is C16H14F2N4O2. The van der Waals surface area contributed by atoms with Crippen molar-refractivity contribution in [2.45, 2.75) is 20.5 Å². The van der Waals surface area contributed by atoms with Crippen LogP contribution >= 0.6 is 0 Å². The Balaban J connectivity index is 2.04. The molecule has 3 aromatic rings. The van der Waals surface area contributed by atoms with Crippen LogP contribution in [0.25, 0.3) is 5.65 Å². The first-order valence-electron chi connectivity index (χ1n) is 7.10. The fraction of sp³-hybridized carbons (Fsp3) is 0.188. The number of rotatable bonds is 4. The number of ether oxygens (including phenoxy) is 1. The van der Waals surface area contributed by atoms with E-state index in [0.717, 1.165) is 12.1 Å². The number of nitrogens with two attached hydrogens (primary N) is 1. The largest absolute Gasteiger partial charge is 0.470 e. The molecule has 0 atom stereocenters. The Morgan fingerprint density at radius 3 is 2.54 bits per heavy atom. The van der Waals surface area contributed by atoms with Gasteiger partial charge in [-0.2, -0.15) is 0 Å². The second kappa shape index (κ2) is 5.88. The molecule has 24 heavy (non-hydrogen) atoms. The van der Waals surface area contributed by atoms with E-state index in [4.69, 9.17) is 10.5 Å². The van der Waals surface area contributed by atoms with E-state index in [9.17, 15) is 13.6 Å². The fourth-order valence-corrected chi connectivity index (χ4v) is 2.45. The van der Waals surface area contributed by atoms with Crippen LogP contribution in [0.1, 0.15) is 27.4 Å². The number of carbonyl (C=O) groups is 1. The lowest BCUT2D eigenvalue weighted by molar-refractivity contribution is 0.0994. The van der Waals surface area contributed by atoms with Crippen LogP contribution < -0.4 is 10.5 Å². The summed E-state index contributed by atoms with van der Waals surface area (Å²) in [6.45, 7) is 2.96. The second-order valence-electron chi connectivity index (χ2n) is 5.28. The first kappa shape index (κ1) is 15.9. The number of primary amides is 1. The lowest BCUT2D eigenvalue weighted by atomic mass is 10.2. The number of fused-ring (bicyclic) bond motifs is 1. The van der Waals surface area contributed by atoms with Gasteiger partial charge in [-0.3, -0.25) is 9.20 Å². The molecule has 2 N–H and O–H groups in total. The highest BCUT2D eigenvalue weighted by Gasteiger charge is 2.19. The van der Waals surface area contributed by atoms with E-state index >= 15 is 0 Å². The molecule has 6 nitrogen and oxygen atoms in total. The third kappa shape index (κ3) is 2.66. The van der Waals surface area contributed by atoms with Crippen molar-refractivity contribution in [3.05, 3.63) is 58.7 Å². The summed E-state index contributed by atoms with van der Waals surface area (Å²) in [4.78, 5) is 20.0. The Labute approximate surface area is 135 Å². The average molecular weight is 332 g/mol. The molecular weight excluding hydrogens is 318 g/mol. The van der Waals surface area contributed by atoms with Crippen LogP contribution in [-0.2, 0) is 6.61 Å². The highest BCUT2D eigenvalue weighted by Crippen LogP contribution is 2.23. The lowest BCUT2D eigenvalue weighted by Gasteiger charge is -2.09. The first-order valence-corrected chi connectivity index (χ1v) is 7.10. The Kier molecular flexibility index (Phi) is 3.88. The van der Waals surface area contributed by atoms with Crippen molar-refractivity contribution in [3.63, 3.8) is 0 Å². The standard InChI is InChI=1S/C16H14F2N4O2/c1-8-6-22-13(14(19)23)9(2)21-15(22)16(20-8)24-7-10-11(17)4-3-5-12(10)18/h3-6H,7H2,1-2H3,(H2,19,23). The van der Waals surface area contributed by atoms with E-state index < -0.39 is 17.5 Å². The molecule has 0 aliphatic heterocycles. The maximum absolute atomic E-state index is 13.7. The zero-order valence-corrected chi connectivity index (χ0v) is 13.0. The second-order valence-corrected chi connectivity index (χ2v) is 5.28. The van der Waals surface area contributed by atoms with Crippen molar-refractivity contribution in [3.8, 4) is 5.88 Å². The van der Waals surface area contributed by atoms with E-state index in [1.807, 2.05) is 0 Å². The zero-order chi connectivity index (χ0) is 17.4. The highest BCUT2D eigenvalue weighted by molar-refractivity contribution is 5.93. The van der Waals surface area contributed by atoms with Gasteiger partial charge in [-0.15, -0.1) is 0 Å². The van der Waals surface area contributed by atoms with Crippen LogP contribution in [0, 0.1) is 25.5 Å². The summed E-state index contributed by atoms with van der Waals surface area (Å²) in [6, 6.07) is 3.56. The monoisotopic (exact) mass is 332 g/mol. The van der Waals surface area contributed by atoms with Gasteiger partial charge in [0.2, 0.25) is 5.65 Å². The Morgan fingerprint density at radius 1 is 1.25 bits per heavy atom. The summed E-state index contributed by atoms with van der Waals surface area (Å²) in [5.41, 5.74) is 6.57. The predicted molar refractivity (Wildman–Crippen MR) is 81.7 cm³/mol. The Bertz CT molecular complexity index is 933. The summed E-state index contributed by atoms with van der Waals surface area (Å²) in [5, 5.41) is 0. The van der Waals surface area contributed by atoms with Crippen LogP contribution in [0.2, 0.25) is 0 Å². The van der Waals surface area contributed by atoms with Crippen LogP contribution in [0.4, 0.5) is 8.78 Å². The zero-order valence-electron chi connectivity index (χ0n) is 13.0. The summed E-state index contributed by atoms with van der Waals surface area (Å²) in [6.07, 6.45) is 1.59. The van der Waals surface area contributed by atoms with Crippen LogP contribution in [0.5, 0.6) is 5.88 Å². The predicted octanol–water partition coefficient (Wildman–Crippen LogP) is 2.30. The Hall–Kier alpha value is -3.03. The van der Waals surface area contributed by atoms with Crippen molar-refractivity contribution >= 4 is 11.6 Å². The van der Waals surface area contributed by atoms with Gasteiger partial charge < -0.3 is 10.5 Å². The molecule has 0 unspecified atom stereocenters. The minimum absolute atomic E-state index is 0.0632. The summed E-state index contributed by atoms with van der Waals surface area (Å²) in [5.74, 6) is -2.00.